The second-order valence-corrected chi connectivity index (χ2v) is 4.52. The zero-order valence-electron chi connectivity index (χ0n) is 9.11. The first-order valence-corrected chi connectivity index (χ1v) is 5.83. The van der Waals surface area contributed by atoms with Crippen molar-refractivity contribution in [2.45, 2.75) is 10.4 Å². The number of rotatable bonds is 4. The standard InChI is InChI=1S/C11H11N3O2S/c1-14-7-12-13-11(14)17-9(10(15)16)8-5-3-2-4-6-8/h2-7,9H,1H3,(H,15,16)/p-1/t9-/m0/s1. The molecule has 0 bridgehead atoms. The van der Waals surface area contributed by atoms with E-state index in [1.54, 1.807) is 35.9 Å². The fourth-order valence-corrected chi connectivity index (χ4v) is 2.27. The minimum atomic E-state index is -1.13. The SMILES string of the molecule is Cn1cnnc1S[C@H](C(=O)[O-])c1ccccc1. The summed E-state index contributed by atoms with van der Waals surface area (Å²) in [5.74, 6) is -1.13. The van der Waals surface area contributed by atoms with E-state index in [9.17, 15) is 9.90 Å². The zero-order chi connectivity index (χ0) is 12.3. The number of carboxylic acid groups (broad SMARTS) is 1. The Morgan fingerprint density at radius 2 is 2.12 bits per heavy atom. The van der Waals surface area contributed by atoms with Crippen LogP contribution in [0.3, 0.4) is 0 Å². The first kappa shape index (κ1) is 11.7. The van der Waals surface area contributed by atoms with Crippen LogP contribution in [-0.4, -0.2) is 20.7 Å². The molecule has 17 heavy (non-hydrogen) atoms. The van der Waals surface area contributed by atoms with Crippen molar-refractivity contribution in [3.8, 4) is 0 Å². The van der Waals surface area contributed by atoms with Crippen LogP contribution >= 0.6 is 11.8 Å². The van der Waals surface area contributed by atoms with Crippen LogP contribution in [0, 0.1) is 0 Å². The van der Waals surface area contributed by atoms with E-state index in [1.807, 2.05) is 6.07 Å². The van der Waals surface area contributed by atoms with Gasteiger partial charge in [0.15, 0.2) is 5.16 Å². The molecular weight excluding hydrogens is 238 g/mol. The van der Waals surface area contributed by atoms with Crippen molar-refractivity contribution < 1.29 is 9.90 Å². The molecule has 1 aromatic carbocycles. The summed E-state index contributed by atoms with van der Waals surface area (Å²) in [4.78, 5) is 11.1. The Balaban J connectivity index is 2.26. The quantitative estimate of drug-likeness (QED) is 0.732. The molecule has 0 spiro atoms. The lowest BCUT2D eigenvalue weighted by atomic mass is 10.1. The number of aliphatic carboxylic acids is 1. The summed E-state index contributed by atoms with van der Waals surface area (Å²) in [5.41, 5.74) is 0.681. The lowest BCUT2D eigenvalue weighted by molar-refractivity contribution is -0.305. The molecule has 2 rings (SSSR count). The van der Waals surface area contributed by atoms with Crippen LogP contribution in [0.2, 0.25) is 0 Å². The minimum Gasteiger partial charge on any atom is -0.549 e. The molecule has 0 N–H and O–H groups in total. The van der Waals surface area contributed by atoms with Crippen molar-refractivity contribution in [1.29, 1.82) is 0 Å². The second kappa shape index (κ2) is 5.01. The molecule has 0 aliphatic rings. The molecule has 0 saturated carbocycles. The maximum Gasteiger partial charge on any atom is 0.191 e. The molecule has 0 radical (unpaired) electrons. The van der Waals surface area contributed by atoms with Crippen LogP contribution in [-0.2, 0) is 11.8 Å². The van der Waals surface area contributed by atoms with E-state index in [-0.39, 0.29) is 0 Å². The van der Waals surface area contributed by atoms with E-state index in [0.717, 1.165) is 11.8 Å². The molecule has 0 aliphatic heterocycles. The molecule has 88 valence electrons. The smallest absolute Gasteiger partial charge is 0.191 e. The maximum absolute atomic E-state index is 11.1. The molecule has 0 fully saturated rings. The van der Waals surface area contributed by atoms with Crippen LogP contribution in [0.4, 0.5) is 0 Å². The largest absolute Gasteiger partial charge is 0.549 e. The number of nitrogens with zero attached hydrogens (tertiary/aromatic N) is 3. The zero-order valence-corrected chi connectivity index (χ0v) is 9.92. The normalized spacial score (nSPS) is 12.3. The van der Waals surface area contributed by atoms with Gasteiger partial charge in [0.1, 0.15) is 6.33 Å². The van der Waals surface area contributed by atoms with Gasteiger partial charge in [0.2, 0.25) is 0 Å². The van der Waals surface area contributed by atoms with Gasteiger partial charge in [0, 0.05) is 7.05 Å². The lowest BCUT2D eigenvalue weighted by Gasteiger charge is -2.16. The molecular formula is C11H10N3O2S-. The van der Waals surface area contributed by atoms with Crippen LogP contribution in [0.15, 0.2) is 41.8 Å². The van der Waals surface area contributed by atoms with Crippen LogP contribution in [0.25, 0.3) is 0 Å². The Morgan fingerprint density at radius 3 is 2.65 bits per heavy atom. The third kappa shape index (κ3) is 2.65. The van der Waals surface area contributed by atoms with Crippen molar-refractivity contribution in [3.63, 3.8) is 0 Å². The van der Waals surface area contributed by atoms with Crippen LogP contribution in [0.1, 0.15) is 10.8 Å². The summed E-state index contributed by atoms with van der Waals surface area (Å²) in [7, 11) is 1.76. The Bertz CT molecular complexity index is 512. The number of carboxylic acids is 1. The molecule has 1 atom stereocenters. The van der Waals surface area contributed by atoms with Crippen molar-refractivity contribution in [1.82, 2.24) is 14.8 Å². The molecule has 0 amide bonds. The summed E-state index contributed by atoms with van der Waals surface area (Å²) in [6, 6.07) is 8.93. The molecule has 5 nitrogen and oxygen atoms in total. The number of hydrogen-bond acceptors (Lipinski definition) is 5. The van der Waals surface area contributed by atoms with Gasteiger partial charge in [-0.15, -0.1) is 10.2 Å². The molecule has 0 unspecified atom stereocenters. The Kier molecular flexibility index (Phi) is 3.43. The summed E-state index contributed by atoms with van der Waals surface area (Å²) < 4.78 is 1.67. The minimum absolute atomic E-state index is 0.544. The molecule has 0 saturated heterocycles. The van der Waals surface area contributed by atoms with Gasteiger partial charge in [-0.2, -0.15) is 0 Å². The maximum atomic E-state index is 11.1. The third-order valence-electron chi connectivity index (χ3n) is 2.21. The van der Waals surface area contributed by atoms with Gasteiger partial charge in [-0.05, 0) is 5.56 Å². The van der Waals surface area contributed by atoms with E-state index >= 15 is 0 Å². The van der Waals surface area contributed by atoms with Gasteiger partial charge >= 0.3 is 0 Å². The number of aryl methyl sites for hydroxylation is 1. The van der Waals surface area contributed by atoms with Crippen molar-refractivity contribution >= 4 is 17.7 Å². The van der Waals surface area contributed by atoms with E-state index in [2.05, 4.69) is 10.2 Å². The van der Waals surface area contributed by atoms with Gasteiger partial charge in [-0.3, -0.25) is 0 Å². The summed E-state index contributed by atoms with van der Waals surface area (Å²) in [6.07, 6.45) is 1.53. The van der Waals surface area contributed by atoms with Crippen molar-refractivity contribution in [3.05, 3.63) is 42.2 Å². The van der Waals surface area contributed by atoms with Gasteiger partial charge in [-0.1, -0.05) is 42.1 Å². The van der Waals surface area contributed by atoms with Crippen molar-refractivity contribution in [2.75, 3.05) is 0 Å². The van der Waals surface area contributed by atoms with Gasteiger partial charge in [-0.25, -0.2) is 0 Å². The number of aromatic nitrogens is 3. The molecule has 2 aromatic rings. The monoisotopic (exact) mass is 248 g/mol. The summed E-state index contributed by atoms with van der Waals surface area (Å²) in [5, 5.41) is 18.5. The number of carbonyl (C=O) groups excluding carboxylic acids is 1. The highest BCUT2D eigenvalue weighted by molar-refractivity contribution is 8.00. The number of carbonyl (C=O) groups is 1. The highest BCUT2D eigenvalue weighted by Crippen LogP contribution is 2.32. The second-order valence-electron chi connectivity index (χ2n) is 3.45. The highest BCUT2D eigenvalue weighted by atomic mass is 32.2. The predicted octanol–water partition coefficient (Wildman–Crippen LogP) is 0.398. The first-order valence-electron chi connectivity index (χ1n) is 4.95. The Hall–Kier alpha value is -1.82. The summed E-state index contributed by atoms with van der Waals surface area (Å²) in [6.45, 7) is 0. The van der Waals surface area contributed by atoms with E-state index in [4.69, 9.17) is 0 Å². The molecule has 0 aliphatic carbocycles. The third-order valence-corrected chi connectivity index (χ3v) is 3.49. The van der Waals surface area contributed by atoms with E-state index in [1.165, 1.54) is 6.33 Å². The van der Waals surface area contributed by atoms with Crippen LogP contribution in [0.5, 0.6) is 0 Å². The first-order chi connectivity index (χ1) is 8.18. The van der Waals surface area contributed by atoms with E-state index < -0.39 is 11.2 Å². The Labute approximate surface area is 102 Å². The fraction of sp³-hybridized carbons (Fsp3) is 0.182. The van der Waals surface area contributed by atoms with Gasteiger partial charge in [0.05, 0.1) is 11.2 Å². The van der Waals surface area contributed by atoms with Gasteiger partial charge in [0.25, 0.3) is 0 Å². The van der Waals surface area contributed by atoms with Crippen LogP contribution < -0.4 is 5.11 Å². The van der Waals surface area contributed by atoms with Gasteiger partial charge < -0.3 is 14.5 Å². The number of thioether (sulfide) groups is 1. The highest BCUT2D eigenvalue weighted by Gasteiger charge is 2.16. The lowest BCUT2D eigenvalue weighted by Crippen LogP contribution is -2.28. The van der Waals surface area contributed by atoms with Crippen molar-refractivity contribution in [2.24, 2.45) is 7.05 Å². The average molecular weight is 248 g/mol. The number of hydrogen-bond donors (Lipinski definition) is 0. The Morgan fingerprint density at radius 1 is 1.41 bits per heavy atom. The molecule has 6 heteroatoms. The number of benzene rings is 1. The summed E-state index contributed by atoms with van der Waals surface area (Å²) >= 11 is 1.11. The average Bonchev–Trinajstić information content (AvgIpc) is 2.72. The topological polar surface area (TPSA) is 70.8 Å². The molecule has 1 heterocycles. The molecule has 1 aromatic heterocycles. The predicted molar refractivity (Wildman–Crippen MR) is 61.1 cm³/mol. The fourth-order valence-electron chi connectivity index (χ4n) is 1.36. The van der Waals surface area contributed by atoms with E-state index in [0.29, 0.717) is 10.7 Å².